The minimum absolute atomic E-state index is 0.0319. The van der Waals surface area contributed by atoms with Crippen LogP contribution in [0, 0.1) is 0 Å². The molecule has 0 saturated carbocycles. The lowest BCUT2D eigenvalue weighted by atomic mass is 10.1. The summed E-state index contributed by atoms with van der Waals surface area (Å²) in [6.45, 7) is 2.95. The third kappa shape index (κ3) is 11.1. The molecule has 10 nitrogen and oxygen atoms in total. The molecule has 0 bridgehead atoms. The first kappa shape index (κ1) is 29.3. The third-order valence-electron chi connectivity index (χ3n) is 5.89. The normalized spacial score (nSPS) is 11.4. The minimum Gasteiger partial charge on any atom is -0.370 e. The largest absolute Gasteiger partial charge is 0.370 e. The Balaban J connectivity index is 2.06. The number of carbonyl (C=O) groups excluding carboxylic acids is 3. The topological polar surface area (TPSA) is 160 Å². The molecule has 1 atom stereocenters. The first-order valence-electron chi connectivity index (χ1n) is 12.5. The summed E-state index contributed by atoms with van der Waals surface area (Å²) in [6.07, 6.45) is 2.13. The maximum atomic E-state index is 13.4. The Bertz CT molecular complexity index is 1010. The lowest BCUT2D eigenvalue weighted by Crippen LogP contribution is -2.48. The second kappa shape index (κ2) is 15.9. The third-order valence-corrected chi connectivity index (χ3v) is 5.89. The van der Waals surface area contributed by atoms with Gasteiger partial charge >= 0.3 is 0 Å². The van der Waals surface area contributed by atoms with Gasteiger partial charge in [0.2, 0.25) is 17.7 Å². The van der Waals surface area contributed by atoms with E-state index in [0.717, 1.165) is 17.5 Å². The number of rotatable bonds is 16. The molecule has 0 aromatic heterocycles. The SMILES string of the molecule is C[C@H](c1ccccc1)N(CC(N)=O)C(=O)CN(CCCc1ccccc1)C(=O)CNCCCN=C(N)N. The van der Waals surface area contributed by atoms with Crippen LogP contribution in [0.2, 0.25) is 0 Å². The maximum absolute atomic E-state index is 13.4. The van der Waals surface area contributed by atoms with Crippen molar-refractivity contribution in [3.63, 3.8) is 0 Å². The van der Waals surface area contributed by atoms with Crippen molar-refractivity contribution in [2.45, 2.75) is 32.2 Å². The Hall–Kier alpha value is -3.92. The molecule has 0 fully saturated rings. The van der Waals surface area contributed by atoms with Gasteiger partial charge in [-0.15, -0.1) is 0 Å². The van der Waals surface area contributed by atoms with Crippen LogP contribution in [-0.2, 0) is 20.8 Å². The van der Waals surface area contributed by atoms with Crippen molar-refractivity contribution in [2.75, 3.05) is 39.3 Å². The molecule has 10 heteroatoms. The average molecular weight is 510 g/mol. The highest BCUT2D eigenvalue weighted by Gasteiger charge is 2.26. The second-order valence-corrected chi connectivity index (χ2v) is 8.82. The fourth-order valence-electron chi connectivity index (χ4n) is 3.90. The van der Waals surface area contributed by atoms with Crippen molar-refractivity contribution < 1.29 is 14.4 Å². The van der Waals surface area contributed by atoms with Gasteiger partial charge in [-0.25, -0.2) is 0 Å². The fourth-order valence-corrected chi connectivity index (χ4v) is 3.90. The Morgan fingerprint density at radius 3 is 2.16 bits per heavy atom. The fraction of sp³-hybridized carbons (Fsp3) is 0.407. The number of aliphatic imine (C=N–C) groups is 1. The molecule has 0 radical (unpaired) electrons. The summed E-state index contributed by atoms with van der Waals surface area (Å²) < 4.78 is 0. The average Bonchev–Trinajstić information content (AvgIpc) is 2.89. The highest BCUT2D eigenvalue weighted by atomic mass is 16.2. The zero-order valence-electron chi connectivity index (χ0n) is 21.5. The first-order chi connectivity index (χ1) is 17.8. The van der Waals surface area contributed by atoms with Crippen LogP contribution in [0.1, 0.15) is 36.9 Å². The van der Waals surface area contributed by atoms with Gasteiger partial charge in [0.15, 0.2) is 5.96 Å². The molecule has 3 amide bonds. The van der Waals surface area contributed by atoms with Crippen LogP contribution in [0.3, 0.4) is 0 Å². The van der Waals surface area contributed by atoms with E-state index in [9.17, 15) is 14.4 Å². The molecule has 0 unspecified atom stereocenters. The molecule has 2 rings (SSSR count). The van der Waals surface area contributed by atoms with Gasteiger partial charge in [-0.05, 0) is 43.9 Å². The van der Waals surface area contributed by atoms with Crippen LogP contribution >= 0.6 is 0 Å². The van der Waals surface area contributed by atoms with E-state index in [1.165, 1.54) is 4.90 Å². The number of aryl methyl sites for hydroxylation is 1. The molecule has 200 valence electrons. The summed E-state index contributed by atoms with van der Waals surface area (Å²) in [7, 11) is 0. The Labute approximate surface area is 218 Å². The van der Waals surface area contributed by atoms with Crippen molar-refractivity contribution in [2.24, 2.45) is 22.2 Å². The zero-order valence-corrected chi connectivity index (χ0v) is 21.5. The Kier molecular flexibility index (Phi) is 12.6. The van der Waals surface area contributed by atoms with Crippen LogP contribution < -0.4 is 22.5 Å². The van der Waals surface area contributed by atoms with Crippen LogP contribution in [0.4, 0.5) is 0 Å². The number of nitrogens with one attached hydrogen (secondary N) is 1. The standard InChI is InChI=1S/C27H39N7O3/c1-21(23-13-6-3-7-14-23)34(19-24(28)35)26(37)20-33(17-8-12-22-10-4-2-5-11-22)25(36)18-31-15-9-16-32-27(29)30/h2-7,10-11,13-14,21,31H,8-9,12,15-20H2,1H3,(H2,28,35)(H4,29,30,32)/t21-/m1/s1. The molecule has 2 aromatic rings. The van der Waals surface area contributed by atoms with Crippen LogP contribution in [-0.4, -0.2) is 72.7 Å². The van der Waals surface area contributed by atoms with Crippen LogP contribution in [0.15, 0.2) is 65.7 Å². The number of nitrogens with zero attached hydrogens (tertiary/aromatic N) is 3. The molecule has 0 aliphatic carbocycles. The number of hydrogen-bond acceptors (Lipinski definition) is 5. The summed E-state index contributed by atoms with van der Waals surface area (Å²) in [5.41, 5.74) is 18.1. The van der Waals surface area contributed by atoms with Crippen molar-refractivity contribution in [1.82, 2.24) is 15.1 Å². The Morgan fingerprint density at radius 1 is 0.892 bits per heavy atom. The van der Waals surface area contributed by atoms with E-state index in [2.05, 4.69) is 10.3 Å². The number of hydrogen-bond donors (Lipinski definition) is 4. The van der Waals surface area contributed by atoms with E-state index in [-0.39, 0.29) is 43.5 Å². The molecular weight excluding hydrogens is 470 g/mol. The quantitative estimate of drug-likeness (QED) is 0.149. The summed E-state index contributed by atoms with van der Waals surface area (Å²) in [6, 6.07) is 19.0. The molecule has 37 heavy (non-hydrogen) atoms. The summed E-state index contributed by atoms with van der Waals surface area (Å²) >= 11 is 0. The molecule has 0 aliphatic rings. The number of primary amides is 1. The van der Waals surface area contributed by atoms with E-state index in [4.69, 9.17) is 17.2 Å². The van der Waals surface area contributed by atoms with E-state index in [0.29, 0.717) is 32.5 Å². The van der Waals surface area contributed by atoms with Gasteiger partial charge in [-0.2, -0.15) is 0 Å². The van der Waals surface area contributed by atoms with Gasteiger partial charge in [0.05, 0.1) is 25.7 Å². The monoisotopic (exact) mass is 509 g/mol. The molecule has 0 spiro atoms. The van der Waals surface area contributed by atoms with Crippen molar-refractivity contribution >= 4 is 23.7 Å². The maximum Gasteiger partial charge on any atom is 0.243 e. The van der Waals surface area contributed by atoms with E-state index in [1.807, 2.05) is 67.6 Å². The Morgan fingerprint density at radius 2 is 1.54 bits per heavy atom. The van der Waals surface area contributed by atoms with E-state index < -0.39 is 5.91 Å². The smallest absolute Gasteiger partial charge is 0.243 e. The summed E-state index contributed by atoms with van der Waals surface area (Å²) in [4.78, 5) is 45.1. The number of benzene rings is 2. The number of carbonyl (C=O) groups is 3. The van der Waals surface area contributed by atoms with Gasteiger partial charge in [-0.3, -0.25) is 19.4 Å². The first-order valence-corrected chi connectivity index (χ1v) is 12.5. The predicted octanol–water partition coefficient (Wildman–Crippen LogP) is 0.776. The van der Waals surface area contributed by atoms with Gasteiger partial charge in [0.1, 0.15) is 0 Å². The molecule has 0 saturated heterocycles. The van der Waals surface area contributed by atoms with Crippen molar-refractivity contribution in [3.05, 3.63) is 71.8 Å². The second-order valence-electron chi connectivity index (χ2n) is 8.82. The number of nitrogens with two attached hydrogens (primary N) is 3. The number of amides is 3. The summed E-state index contributed by atoms with van der Waals surface area (Å²) in [5.74, 6) is -1.12. The lowest BCUT2D eigenvalue weighted by Gasteiger charge is -2.31. The summed E-state index contributed by atoms with van der Waals surface area (Å²) in [5, 5.41) is 3.09. The van der Waals surface area contributed by atoms with Gasteiger partial charge < -0.3 is 32.3 Å². The van der Waals surface area contributed by atoms with Gasteiger partial charge in [0.25, 0.3) is 0 Å². The lowest BCUT2D eigenvalue weighted by molar-refractivity contribution is -0.143. The molecule has 7 N–H and O–H groups in total. The number of guanidine groups is 1. The molecule has 0 aliphatic heterocycles. The van der Waals surface area contributed by atoms with Gasteiger partial charge in [-0.1, -0.05) is 60.7 Å². The molecular formula is C27H39N7O3. The van der Waals surface area contributed by atoms with Crippen LogP contribution in [0.25, 0.3) is 0 Å². The van der Waals surface area contributed by atoms with E-state index in [1.54, 1.807) is 4.90 Å². The van der Waals surface area contributed by atoms with Crippen LogP contribution in [0.5, 0.6) is 0 Å². The predicted molar refractivity (Wildman–Crippen MR) is 145 cm³/mol. The van der Waals surface area contributed by atoms with Crippen molar-refractivity contribution in [1.29, 1.82) is 0 Å². The molecule has 0 heterocycles. The zero-order chi connectivity index (χ0) is 27.0. The van der Waals surface area contributed by atoms with Crippen molar-refractivity contribution in [3.8, 4) is 0 Å². The van der Waals surface area contributed by atoms with E-state index >= 15 is 0 Å². The highest BCUT2D eigenvalue weighted by molar-refractivity contribution is 5.88. The molecule has 2 aromatic carbocycles. The van der Waals surface area contributed by atoms with Gasteiger partial charge in [0, 0.05) is 13.1 Å². The highest BCUT2D eigenvalue weighted by Crippen LogP contribution is 2.20. The minimum atomic E-state index is -0.611.